The van der Waals surface area contributed by atoms with Gasteiger partial charge in [0.05, 0.1) is 19.1 Å². The molecule has 6 atom stereocenters. The van der Waals surface area contributed by atoms with Crippen molar-refractivity contribution in [3.05, 3.63) is 0 Å². The fraction of sp³-hybridized carbons (Fsp3) is 0.909. The summed E-state index contributed by atoms with van der Waals surface area (Å²) in [5, 5.41) is 42.2. The maximum Gasteiger partial charge on any atom is 0.308 e. The second-order valence-electron chi connectivity index (χ2n) is 8.39. The molecule has 1 aliphatic heterocycles. The lowest BCUT2D eigenvalue weighted by atomic mass is 9.96. The van der Waals surface area contributed by atoms with E-state index in [0.717, 1.165) is 19.3 Å². The first-order chi connectivity index (χ1) is 14.8. The Balaban J connectivity index is 2.37. The second kappa shape index (κ2) is 15.5. The van der Waals surface area contributed by atoms with Crippen LogP contribution in [0, 0.1) is 0 Å². The Hall–Kier alpha value is -1.26. The molecule has 0 aliphatic carbocycles. The fourth-order valence-corrected chi connectivity index (χ4v) is 3.80. The summed E-state index contributed by atoms with van der Waals surface area (Å²) >= 11 is 0. The summed E-state index contributed by atoms with van der Waals surface area (Å²) in [7, 11) is 0. The lowest BCUT2D eigenvalue weighted by Crippen LogP contribution is -2.65. The van der Waals surface area contributed by atoms with Crippen LogP contribution in [0.4, 0.5) is 0 Å². The zero-order chi connectivity index (χ0) is 23.2. The predicted molar refractivity (Wildman–Crippen MR) is 114 cm³/mol. The predicted octanol–water partition coefficient (Wildman–Crippen LogP) is 1.15. The molecule has 1 heterocycles. The number of unbranched alkanes of at least 4 members (excludes halogenated alkanes) is 8. The molecule has 0 radical (unpaired) electrons. The number of aliphatic hydroxyl groups excluding tert-OH is 4. The number of aliphatic hydroxyl groups is 4. The summed E-state index contributed by atoms with van der Waals surface area (Å²) in [4.78, 5) is 23.7. The molecule has 1 fully saturated rings. The molecular formula is C22H41NO8. The third kappa shape index (κ3) is 10.7. The number of esters is 1. The summed E-state index contributed by atoms with van der Waals surface area (Å²) in [6.07, 6.45) is 4.29. The lowest BCUT2D eigenvalue weighted by Gasteiger charge is -2.42. The number of carbonyl (C=O) groups excluding carboxylic acids is 2. The highest BCUT2D eigenvalue weighted by atomic mass is 16.6. The van der Waals surface area contributed by atoms with E-state index in [4.69, 9.17) is 9.47 Å². The van der Waals surface area contributed by atoms with Gasteiger partial charge in [0.2, 0.25) is 5.91 Å². The van der Waals surface area contributed by atoms with Crippen LogP contribution >= 0.6 is 0 Å². The van der Waals surface area contributed by atoms with Crippen molar-refractivity contribution in [1.29, 1.82) is 0 Å². The lowest BCUT2D eigenvalue weighted by molar-refractivity contribution is -0.259. The van der Waals surface area contributed by atoms with E-state index in [9.17, 15) is 30.0 Å². The number of rotatable bonds is 15. The van der Waals surface area contributed by atoms with Crippen LogP contribution in [0.15, 0.2) is 0 Å². The molecule has 0 bridgehead atoms. The van der Waals surface area contributed by atoms with Crippen LogP contribution in [0.1, 0.15) is 84.5 Å². The minimum absolute atomic E-state index is 0.256. The maximum absolute atomic E-state index is 12.3. The van der Waals surface area contributed by atoms with Gasteiger partial charge in [-0.05, 0) is 6.42 Å². The normalized spacial score (nSPS) is 27.0. The van der Waals surface area contributed by atoms with E-state index in [1.165, 1.54) is 45.4 Å². The van der Waals surface area contributed by atoms with Crippen molar-refractivity contribution in [2.75, 3.05) is 6.61 Å². The van der Waals surface area contributed by atoms with E-state index in [-0.39, 0.29) is 6.42 Å². The SMILES string of the molecule is CCCCCCCCCCCC(O)CC(=O)O[C@H]1[C@H](O)[C@@H](CO)OC(O)[C@@H]1NC(C)=O. The molecule has 5 N–H and O–H groups in total. The van der Waals surface area contributed by atoms with E-state index in [0.29, 0.717) is 6.42 Å². The molecule has 0 aromatic heterocycles. The molecule has 31 heavy (non-hydrogen) atoms. The van der Waals surface area contributed by atoms with Crippen molar-refractivity contribution in [2.24, 2.45) is 0 Å². The van der Waals surface area contributed by atoms with Gasteiger partial charge in [-0.3, -0.25) is 9.59 Å². The van der Waals surface area contributed by atoms with E-state index in [1.54, 1.807) is 0 Å². The Morgan fingerprint density at radius 1 is 1.03 bits per heavy atom. The number of hydrogen-bond donors (Lipinski definition) is 5. The maximum atomic E-state index is 12.3. The molecular weight excluding hydrogens is 406 g/mol. The average Bonchev–Trinajstić information content (AvgIpc) is 2.71. The quantitative estimate of drug-likeness (QED) is 0.186. The molecule has 1 rings (SSSR count). The zero-order valence-electron chi connectivity index (χ0n) is 18.9. The molecule has 182 valence electrons. The topological polar surface area (TPSA) is 146 Å². The van der Waals surface area contributed by atoms with Crippen molar-refractivity contribution in [3.8, 4) is 0 Å². The van der Waals surface area contributed by atoms with Crippen molar-refractivity contribution < 1.29 is 39.5 Å². The minimum Gasteiger partial charge on any atom is -0.457 e. The van der Waals surface area contributed by atoms with Gasteiger partial charge >= 0.3 is 5.97 Å². The second-order valence-corrected chi connectivity index (χ2v) is 8.39. The first kappa shape index (κ1) is 27.8. The highest BCUT2D eigenvalue weighted by Gasteiger charge is 2.47. The summed E-state index contributed by atoms with van der Waals surface area (Å²) in [6.45, 7) is 2.81. The van der Waals surface area contributed by atoms with Crippen molar-refractivity contribution in [1.82, 2.24) is 5.32 Å². The smallest absolute Gasteiger partial charge is 0.308 e. The van der Waals surface area contributed by atoms with Crippen molar-refractivity contribution in [2.45, 2.75) is 121 Å². The summed E-state index contributed by atoms with van der Waals surface area (Å²) in [5.41, 5.74) is 0. The van der Waals surface area contributed by atoms with E-state index < -0.39 is 55.2 Å². The molecule has 1 saturated heterocycles. The molecule has 2 unspecified atom stereocenters. The van der Waals surface area contributed by atoms with Crippen LogP contribution in [0.5, 0.6) is 0 Å². The number of hydrogen-bond acceptors (Lipinski definition) is 8. The zero-order valence-corrected chi connectivity index (χ0v) is 18.9. The van der Waals surface area contributed by atoms with Gasteiger partial charge in [-0.1, -0.05) is 64.7 Å². The molecule has 0 aromatic rings. The van der Waals surface area contributed by atoms with Crippen molar-refractivity contribution in [3.63, 3.8) is 0 Å². The van der Waals surface area contributed by atoms with Crippen LogP contribution in [-0.4, -0.2) is 75.7 Å². The van der Waals surface area contributed by atoms with Gasteiger partial charge in [-0.2, -0.15) is 0 Å². The molecule has 0 spiro atoms. The minimum atomic E-state index is -1.56. The molecule has 0 saturated carbocycles. The molecule has 1 amide bonds. The number of carbonyl (C=O) groups is 2. The Kier molecular flexibility index (Phi) is 13.9. The number of nitrogens with one attached hydrogen (secondary N) is 1. The Morgan fingerprint density at radius 2 is 1.61 bits per heavy atom. The fourth-order valence-electron chi connectivity index (χ4n) is 3.80. The van der Waals surface area contributed by atoms with Crippen LogP contribution in [0.25, 0.3) is 0 Å². The Bertz CT molecular complexity index is 518. The van der Waals surface area contributed by atoms with Gasteiger partial charge in [0.1, 0.15) is 18.2 Å². The Morgan fingerprint density at radius 3 is 2.16 bits per heavy atom. The highest BCUT2D eigenvalue weighted by Crippen LogP contribution is 2.23. The van der Waals surface area contributed by atoms with Gasteiger partial charge in [-0.25, -0.2) is 0 Å². The highest BCUT2D eigenvalue weighted by molar-refractivity contribution is 5.73. The summed E-state index contributed by atoms with van der Waals surface area (Å²) in [5.74, 6) is -1.26. The third-order valence-corrected chi connectivity index (χ3v) is 5.55. The van der Waals surface area contributed by atoms with Crippen LogP contribution in [-0.2, 0) is 19.1 Å². The van der Waals surface area contributed by atoms with Gasteiger partial charge < -0.3 is 35.2 Å². The Labute approximate surface area is 185 Å². The van der Waals surface area contributed by atoms with Crippen molar-refractivity contribution >= 4 is 11.9 Å². The monoisotopic (exact) mass is 447 g/mol. The van der Waals surface area contributed by atoms with Crippen LogP contribution < -0.4 is 5.32 Å². The summed E-state index contributed by atoms with van der Waals surface area (Å²) < 4.78 is 10.3. The van der Waals surface area contributed by atoms with Gasteiger partial charge in [-0.15, -0.1) is 0 Å². The molecule has 9 heteroatoms. The number of amides is 1. The number of ether oxygens (including phenoxy) is 2. The van der Waals surface area contributed by atoms with Gasteiger partial charge in [0, 0.05) is 6.92 Å². The summed E-state index contributed by atoms with van der Waals surface area (Å²) in [6, 6.07) is -1.19. The van der Waals surface area contributed by atoms with Gasteiger partial charge in [0.25, 0.3) is 0 Å². The standard InChI is InChI=1S/C22H41NO8/c1-3-4-5-6-7-8-9-10-11-12-16(26)13-18(27)31-21-19(23-15(2)25)22(29)30-17(14-24)20(21)28/h16-17,19-22,24,26,28-29H,3-14H2,1-2H3,(H,23,25)/t16?,17-,19-,20-,21-,22?/m1/s1. The molecule has 1 aliphatic rings. The van der Waals surface area contributed by atoms with Gasteiger partial charge in [0.15, 0.2) is 12.4 Å². The average molecular weight is 448 g/mol. The van der Waals surface area contributed by atoms with E-state index in [1.807, 2.05) is 0 Å². The van der Waals surface area contributed by atoms with Crippen LogP contribution in [0.3, 0.4) is 0 Å². The largest absolute Gasteiger partial charge is 0.457 e. The van der Waals surface area contributed by atoms with E-state index >= 15 is 0 Å². The molecule has 9 nitrogen and oxygen atoms in total. The first-order valence-corrected chi connectivity index (χ1v) is 11.6. The third-order valence-electron chi connectivity index (χ3n) is 5.55. The van der Waals surface area contributed by atoms with E-state index in [2.05, 4.69) is 12.2 Å². The first-order valence-electron chi connectivity index (χ1n) is 11.6. The molecule has 0 aromatic carbocycles. The van der Waals surface area contributed by atoms with Crippen LogP contribution in [0.2, 0.25) is 0 Å².